The van der Waals surface area contributed by atoms with Gasteiger partial charge in [0.2, 0.25) is 0 Å². The van der Waals surface area contributed by atoms with Gasteiger partial charge in [0.1, 0.15) is 10.7 Å². The fraction of sp³-hybridized carbons (Fsp3) is 0.308. The van der Waals surface area contributed by atoms with E-state index in [1.54, 1.807) is 14.2 Å². The first-order chi connectivity index (χ1) is 16.6. The molecule has 5 rings (SSSR count). The molecule has 7 nitrogen and oxygen atoms in total. The lowest BCUT2D eigenvalue weighted by atomic mass is 10.1. The molecule has 2 aromatic carbocycles. The normalized spacial score (nSPS) is 14.5. The number of fused-ring (bicyclic) bond motifs is 1. The number of aromatic nitrogens is 2. The highest BCUT2D eigenvalue weighted by Gasteiger charge is 2.31. The van der Waals surface area contributed by atoms with Gasteiger partial charge in [0.25, 0.3) is 5.56 Å². The Labute approximate surface area is 201 Å². The molecule has 0 bridgehead atoms. The first-order valence-corrected chi connectivity index (χ1v) is 12.1. The third-order valence-corrected chi connectivity index (χ3v) is 7.07. The van der Waals surface area contributed by atoms with Crippen LogP contribution in [0, 0.1) is 0 Å². The van der Waals surface area contributed by atoms with Crippen LogP contribution in [0.3, 0.4) is 0 Å². The maximum absolute atomic E-state index is 13.1. The van der Waals surface area contributed by atoms with Crippen LogP contribution in [0.25, 0.3) is 21.3 Å². The third-order valence-electron chi connectivity index (χ3n) is 6.20. The second-order valence-electron chi connectivity index (χ2n) is 8.50. The van der Waals surface area contributed by atoms with Gasteiger partial charge in [0, 0.05) is 23.5 Å². The minimum atomic E-state index is -0.587. The number of aliphatic hydroxyl groups is 1. The lowest BCUT2D eigenvalue weighted by Gasteiger charge is -2.24. The SMILES string of the molecule is COc1ccc(-c2csc3nc(CN(CC(O)c4ccccc4)C4CC4)[nH]c(=O)c23)cc1OC. The van der Waals surface area contributed by atoms with E-state index in [-0.39, 0.29) is 5.56 Å². The Kier molecular flexibility index (Phi) is 6.36. The second kappa shape index (κ2) is 9.58. The van der Waals surface area contributed by atoms with Crippen LogP contribution >= 0.6 is 11.3 Å². The highest BCUT2D eigenvalue weighted by atomic mass is 32.1. The molecular weight excluding hydrogens is 450 g/mol. The monoisotopic (exact) mass is 477 g/mol. The van der Waals surface area contributed by atoms with Gasteiger partial charge in [0.15, 0.2) is 11.5 Å². The number of rotatable bonds is 9. The van der Waals surface area contributed by atoms with Crippen molar-refractivity contribution in [3.63, 3.8) is 0 Å². The molecule has 8 heteroatoms. The summed E-state index contributed by atoms with van der Waals surface area (Å²) in [5.41, 5.74) is 2.42. The molecule has 1 atom stereocenters. The van der Waals surface area contributed by atoms with E-state index in [1.807, 2.05) is 53.9 Å². The Hall–Kier alpha value is -3.20. The Morgan fingerprint density at radius 3 is 2.62 bits per heavy atom. The summed E-state index contributed by atoms with van der Waals surface area (Å²) in [5, 5.41) is 13.3. The van der Waals surface area contributed by atoms with E-state index in [1.165, 1.54) is 11.3 Å². The first kappa shape index (κ1) is 22.6. The summed E-state index contributed by atoms with van der Waals surface area (Å²) >= 11 is 1.45. The summed E-state index contributed by atoms with van der Waals surface area (Å²) in [6.07, 6.45) is 1.60. The van der Waals surface area contributed by atoms with Crippen molar-refractivity contribution in [2.45, 2.75) is 31.5 Å². The van der Waals surface area contributed by atoms with E-state index in [4.69, 9.17) is 14.5 Å². The van der Waals surface area contributed by atoms with Crippen LogP contribution in [0.15, 0.2) is 58.7 Å². The van der Waals surface area contributed by atoms with E-state index in [2.05, 4.69) is 9.88 Å². The van der Waals surface area contributed by atoms with Gasteiger partial charge >= 0.3 is 0 Å². The summed E-state index contributed by atoms with van der Waals surface area (Å²) in [6.45, 7) is 0.987. The van der Waals surface area contributed by atoms with Crippen molar-refractivity contribution < 1.29 is 14.6 Å². The number of hydrogen-bond donors (Lipinski definition) is 2. The van der Waals surface area contributed by atoms with Crippen LogP contribution in [0.4, 0.5) is 0 Å². The summed E-state index contributed by atoms with van der Waals surface area (Å²) in [7, 11) is 3.19. The summed E-state index contributed by atoms with van der Waals surface area (Å²) in [4.78, 5) is 23.8. The molecule has 1 unspecified atom stereocenters. The van der Waals surface area contributed by atoms with Gasteiger partial charge in [0.05, 0.1) is 32.3 Å². The first-order valence-electron chi connectivity index (χ1n) is 11.3. The topological polar surface area (TPSA) is 87.7 Å². The van der Waals surface area contributed by atoms with Crippen LogP contribution in [0.1, 0.15) is 30.3 Å². The number of ether oxygens (including phenoxy) is 2. The molecule has 4 aromatic rings. The molecule has 0 aliphatic heterocycles. The number of nitrogens with one attached hydrogen (secondary N) is 1. The van der Waals surface area contributed by atoms with E-state index in [9.17, 15) is 9.90 Å². The van der Waals surface area contributed by atoms with Crippen molar-refractivity contribution in [3.8, 4) is 22.6 Å². The number of methoxy groups -OCH3 is 2. The average Bonchev–Trinajstić information content (AvgIpc) is 3.62. The van der Waals surface area contributed by atoms with Crippen molar-refractivity contribution in [3.05, 3.63) is 75.7 Å². The number of nitrogens with zero attached hydrogens (tertiary/aromatic N) is 2. The third kappa shape index (κ3) is 4.57. The van der Waals surface area contributed by atoms with Crippen LogP contribution in [-0.4, -0.2) is 46.8 Å². The number of hydrogen-bond acceptors (Lipinski definition) is 7. The zero-order valence-corrected chi connectivity index (χ0v) is 20.0. The number of aromatic amines is 1. The van der Waals surface area contributed by atoms with E-state index < -0.39 is 6.10 Å². The van der Waals surface area contributed by atoms with Crippen LogP contribution in [0.2, 0.25) is 0 Å². The summed E-state index contributed by atoms with van der Waals surface area (Å²) in [5.74, 6) is 1.86. The average molecular weight is 478 g/mol. The van der Waals surface area contributed by atoms with Gasteiger partial charge in [-0.25, -0.2) is 4.98 Å². The minimum absolute atomic E-state index is 0.162. The van der Waals surface area contributed by atoms with E-state index in [0.717, 1.165) is 29.5 Å². The quantitative estimate of drug-likeness (QED) is 0.372. The van der Waals surface area contributed by atoms with Gasteiger partial charge in [-0.05, 0) is 36.1 Å². The Bertz CT molecular complexity index is 1350. The molecule has 0 radical (unpaired) electrons. The smallest absolute Gasteiger partial charge is 0.260 e. The number of H-pyrrole nitrogens is 1. The van der Waals surface area contributed by atoms with Gasteiger partial charge in [-0.1, -0.05) is 36.4 Å². The van der Waals surface area contributed by atoms with E-state index >= 15 is 0 Å². The molecule has 1 aliphatic rings. The molecule has 2 N–H and O–H groups in total. The molecular formula is C26H27N3O4S. The van der Waals surface area contributed by atoms with Gasteiger partial charge < -0.3 is 19.6 Å². The molecule has 34 heavy (non-hydrogen) atoms. The fourth-order valence-corrected chi connectivity index (χ4v) is 5.23. The van der Waals surface area contributed by atoms with Crippen molar-refractivity contribution in [1.29, 1.82) is 0 Å². The van der Waals surface area contributed by atoms with Crippen molar-refractivity contribution in [1.82, 2.24) is 14.9 Å². The predicted molar refractivity (Wildman–Crippen MR) is 134 cm³/mol. The second-order valence-corrected chi connectivity index (χ2v) is 9.36. The van der Waals surface area contributed by atoms with Crippen molar-refractivity contribution in [2.24, 2.45) is 0 Å². The Morgan fingerprint density at radius 1 is 1.15 bits per heavy atom. The van der Waals surface area contributed by atoms with Crippen molar-refractivity contribution in [2.75, 3.05) is 20.8 Å². The standard InChI is InChI=1S/C26H27N3O4S/c1-32-21-11-8-17(12-22(21)33-2)19-15-34-26-24(19)25(31)27-23(28-26)14-29(18-9-10-18)13-20(30)16-6-4-3-5-7-16/h3-8,11-12,15,18,20,30H,9-10,13-14H2,1-2H3,(H,27,28,31). The molecule has 1 saturated carbocycles. The van der Waals surface area contributed by atoms with Gasteiger partial charge in [-0.2, -0.15) is 0 Å². The lowest BCUT2D eigenvalue weighted by Crippen LogP contribution is -2.32. The summed E-state index contributed by atoms with van der Waals surface area (Å²) in [6, 6.07) is 15.7. The van der Waals surface area contributed by atoms with Crippen LogP contribution < -0.4 is 15.0 Å². The zero-order valence-electron chi connectivity index (χ0n) is 19.2. The predicted octanol–water partition coefficient (Wildman–Crippen LogP) is 4.37. The summed E-state index contributed by atoms with van der Waals surface area (Å²) < 4.78 is 10.8. The molecule has 1 fully saturated rings. The van der Waals surface area contributed by atoms with Crippen molar-refractivity contribution >= 4 is 21.6 Å². The van der Waals surface area contributed by atoms with Gasteiger partial charge in [-0.15, -0.1) is 11.3 Å². The lowest BCUT2D eigenvalue weighted by molar-refractivity contribution is 0.103. The molecule has 0 spiro atoms. The van der Waals surface area contributed by atoms with E-state index in [0.29, 0.717) is 46.7 Å². The molecule has 2 heterocycles. The number of aliphatic hydroxyl groups excluding tert-OH is 1. The largest absolute Gasteiger partial charge is 0.493 e. The molecule has 1 aliphatic carbocycles. The minimum Gasteiger partial charge on any atom is -0.493 e. The number of benzene rings is 2. The molecule has 176 valence electrons. The van der Waals surface area contributed by atoms with Crippen LogP contribution in [-0.2, 0) is 6.54 Å². The Morgan fingerprint density at radius 2 is 1.91 bits per heavy atom. The zero-order chi connectivity index (χ0) is 23.7. The highest BCUT2D eigenvalue weighted by Crippen LogP contribution is 2.36. The molecule has 0 saturated heterocycles. The Balaban J connectivity index is 1.42. The highest BCUT2D eigenvalue weighted by molar-refractivity contribution is 7.17. The van der Waals surface area contributed by atoms with Gasteiger partial charge in [-0.3, -0.25) is 9.69 Å². The molecule has 0 amide bonds. The maximum Gasteiger partial charge on any atom is 0.260 e. The molecule has 2 aromatic heterocycles. The fourth-order valence-electron chi connectivity index (χ4n) is 4.26. The van der Waals surface area contributed by atoms with Crippen LogP contribution in [0.5, 0.6) is 11.5 Å². The maximum atomic E-state index is 13.1. The number of thiophene rings is 1.